The molecule has 2 amide bonds. The first-order chi connectivity index (χ1) is 8.86. The number of benzene rings is 1. The normalized spacial score (nSPS) is 11.8. The van der Waals surface area contributed by atoms with Gasteiger partial charge in [0.05, 0.1) is 5.56 Å². The second-order valence-electron chi connectivity index (χ2n) is 4.53. The minimum absolute atomic E-state index is 0.0981. The Bertz CT molecular complexity index is 488. The zero-order valence-electron chi connectivity index (χ0n) is 11.7. The Morgan fingerprint density at radius 2 is 2.05 bits per heavy atom. The number of hydrogen-bond donors (Lipinski definition) is 1. The number of carbonyl (C=O) groups is 2. The van der Waals surface area contributed by atoms with Gasteiger partial charge in [0.1, 0.15) is 6.04 Å². The predicted molar refractivity (Wildman–Crippen MR) is 79.1 cm³/mol. The van der Waals surface area contributed by atoms with E-state index in [0.717, 1.165) is 10.0 Å². The largest absolute Gasteiger partial charge is 0.344 e. The van der Waals surface area contributed by atoms with E-state index in [2.05, 4.69) is 21.2 Å². The summed E-state index contributed by atoms with van der Waals surface area (Å²) in [5.74, 6) is -0.351. The van der Waals surface area contributed by atoms with Gasteiger partial charge in [0.25, 0.3) is 5.91 Å². The first kappa shape index (κ1) is 15.7. The molecule has 1 atom stereocenters. The van der Waals surface area contributed by atoms with Crippen molar-refractivity contribution in [2.24, 2.45) is 0 Å². The highest BCUT2D eigenvalue weighted by Crippen LogP contribution is 2.18. The highest BCUT2D eigenvalue weighted by atomic mass is 79.9. The van der Waals surface area contributed by atoms with Crippen LogP contribution in [0.3, 0.4) is 0 Å². The first-order valence-corrected chi connectivity index (χ1v) is 6.98. The van der Waals surface area contributed by atoms with Crippen LogP contribution in [0.25, 0.3) is 0 Å². The zero-order valence-corrected chi connectivity index (χ0v) is 13.2. The summed E-state index contributed by atoms with van der Waals surface area (Å²) in [5, 5.41) is 2.71. The summed E-state index contributed by atoms with van der Waals surface area (Å²) < 4.78 is 0.730. The van der Waals surface area contributed by atoms with Crippen LogP contribution in [0, 0.1) is 6.92 Å². The molecule has 0 saturated heterocycles. The van der Waals surface area contributed by atoms with Crippen molar-refractivity contribution in [2.45, 2.75) is 26.8 Å². The molecular weight excluding hydrogens is 308 g/mol. The SMILES string of the molecule is CCN(C)C(=O)C(C)NC(=O)c1ccc(C)cc1Br. The topological polar surface area (TPSA) is 49.4 Å². The van der Waals surface area contributed by atoms with Crippen LogP contribution in [0.15, 0.2) is 22.7 Å². The second-order valence-corrected chi connectivity index (χ2v) is 5.39. The Balaban J connectivity index is 2.77. The number of carbonyl (C=O) groups excluding carboxylic acids is 2. The molecule has 0 aliphatic heterocycles. The van der Waals surface area contributed by atoms with Crippen molar-refractivity contribution in [3.05, 3.63) is 33.8 Å². The van der Waals surface area contributed by atoms with Crippen molar-refractivity contribution >= 4 is 27.7 Å². The lowest BCUT2D eigenvalue weighted by atomic mass is 10.1. The van der Waals surface area contributed by atoms with Gasteiger partial charge in [-0.3, -0.25) is 9.59 Å². The minimum Gasteiger partial charge on any atom is -0.344 e. The van der Waals surface area contributed by atoms with Gasteiger partial charge in [-0.15, -0.1) is 0 Å². The molecule has 1 aromatic carbocycles. The van der Waals surface area contributed by atoms with Gasteiger partial charge < -0.3 is 10.2 Å². The number of amides is 2. The van der Waals surface area contributed by atoms with E-state index in [1.54, 1.807) is 24.9 Å². The van der Waals surface area contributed by atoms with Gasteiger partial charge in [0, 0.05) is 18.1 Å². The van der Waals surface area contributed by atoms with Crippen LogP contribution in [0.2, 0.25) is 0 Å². The van der Waals surface area contributed by atoms with E-state index in [1.807, 2.05) is 26.0 Å². The summed E-state index contributed by atoms with van der Waals surface area (Å²) in [6.45, 7) is 6.15. The smallest absolute Gasteiger partial charge is 0.253 e. The van der Waals surface area contributed by atoms with Gasteiger partial charge in [-0.25, -0.2) is 0 Å². The van der Waals surface area contributed by atoms with Crippen LogP contribution in [-0.4, -0.2) is 36.3 Å². The van der Waals surface area contributed by atoms with E-state index < -0.39 is 6.04 Å². The fourth-order valence-corrected chi connectivity index (χ4v) is 2.30. The molecule has 0 aliphatic rings. The van der Waals surface area contributed by atoms with Crippen molar-refractivity contribution < 1.29 is 9.59 Å². The van der Waals surface area contributed by atoms with Crippen LogP contribution in [0.4, 0.5) is 0 Å². The average molecular weight is 327 g/mol. The van der Waals surface area contributed by atoms with Gasteiger partial charge in [-0.2, -0.15) is 0 Å². The summed E-state index contributed by atoms with van der Waals surface area (Å²) in [6, 6.07) is 4.95. The monoisotopic (exact) mass is 326 g/mol. The van der Waals surface area contributed by atoms with Crippen molar-refractivity contribution in [3.63, 3.8) is 0 Å². The molecule has 0 spiro atoms. The summed E-state index contributed by atoms with van der Waals surface area (Å²) in [5.41, 5.74) is 1.60. The van der Waals surface area contributed by atoms with E-state index in [1.165, 1.54) is 0 Å². The molecule has 0 bridgehead atoms. The maximum absolute atomic E-state index is 12.1. The van der Waals surface area contributed by atoms with Crippen LogP contribution in [0.1, 0.15) is 29.8 Å². The number of rotatable bonds is 4. The number of hydrogen-bond acceptors (Lipinski definition) is 2. The molecule has 5 heteroatoms. The van der Waals surface area contributed by atoms with Crippen molar-refractivity contribution in [3.8, 4) is 0 Å². The molecule has 0 aliphatic carbocycles. The van der Waals surface area contributed by atoms with Gasteiger partial charge in [0.2, 0.25) is 5.91 Å². The maximum atomic E-state index is 12.1. The molecule has 19 heavy (non-hydrogen) atoms. The zero-order chi connectivity index (χ0) is 14.6. The Morgan fingerprint density at radius 1 is 1.42 bits per heavy atom. The lowest BCUT2D eigenvalue weighted by Gasteiger charge is -2.20. The fraction of sp³-hybridized carbons (Fsp3) is 0.429. The molecule has 0 fully saturated rings. The maximum Gasteiger partial charge on any atom is 0.253 e. The lowest BCUT2D eigenvalue weighted by Crippen LogP contribution is -2.45. The van der Waals surface area contributed by atoms with Crippen molar-refractivity contribution in [1.29, 1.82) is 0 Å². The molecule has 1 aromatic rings. The number of likely N-dealkylation sites (N-methyl/N-ethyl adjacent to an activating group) is 1. The Morgan fingerprint density at radius 3 is 2.58 bits per heavy atom. The average Bonchev–Trinajstić information content (AvgIpc) is 2.36. The summed E-state index contributed by atoms with van der Waals surface area (Å²) in [7, 11) is 1.72. The number of nitrogens with zero attached hydrogens (tertiary/aromatic N) is 1. The molecule has 0 aromatic heterocycles. The number of aryl methyl sites for hydroxylation is 1. The third-order valence-corrected chi connectivity index (χ3v) is 3.59. The fourth-order valence-electron chi connectivity index (χ4n) is 1.63. The molecule has 4 nitrogen and oxygen atoms in total. The van der Waals surface area contributed by atoms with E-state index in [-0.39, 0.29) is 11.8 Å². The quantitative estimate of drug-likeness (QED) is 0.923. The van der Waals surface area contributed by atoms with Gasteiger partial charge in [0.15, 0.2) is 0 Å². The third-order valence-electron chi connectivity index (χ3n) is 2.94. The summed E-state index contributed by atoms with van der Waals surface area (Å²) in [4.78, 5) is 25.5. The minimum atomic E-state index is -0.536. The van der Waals surface area contributed by atoms with E-state index in [4.69, 9.17) is 0 Å². The molecule has 1 unspecified atom stereocenters. The summed E-state index contributed by atoms with van der Waals surface area (Å²) >= 11 is 3.36. The van der Waals surface area contributed by atoms with Gasteiger partial charge in [-0.05, 0) is 54.4 Å². The number of nitrogens with one attached hydrogen (secondary N) is 1. The van der Waals surface area contributed by atoms with Gasteiger partial charge in [-0.1, -0.05) is 6.07 Å². The van der Waals surface area contributed by atoms with E-state index >= 15 is 0 Å². The molecule has 1 N–H and O–H groups in total. The molecular formula is C14H19BrN2O2. The Kier molecular flexibility index (Phi) is 5.54. The van der Waals surface area contributed by atoms with Crippen molar-refractivity contribution in [1.82, 2.24) is 10.2 Å². The molecule has 0 saturated carbocycles. The molecule has 1 rings (SSSR count). The summed E-state index contributed by atoms with van der Waals surface area (Å²) in [6.07, 6.45) is 0. The van der Waals surface area contributed by atoms with Crippen LogP contribution in [0.5, 0.6) is 0 Å². The highest BCUT2D eigenvalue weighted by molar-refractivity contribution is 9.10. The molecule has 0 radical (unpaired) electrons. The molecule has 0 heterocycles. The van der Waals surface area contributed by atoms with Crippen LogP contribution < -0.4 is 5.32 Å². The lowest BCUT2D eigenvalue weighted by molar-refractivity contribution is -0.131. The standard InChI is InChI=1S/C14H19BrN2O2/c1-5-17(4)14(19)10(3)16-13(18)11-7-6-9(2)8-12(11)15/h6-8,10H,5H2,1-4H3,(H,16,18). The highest BCUT2D eigenvalue weighted by Gasteiger charge is 2.20. The van der Waals surface area contributed by atoms with Crippen molar-refractivity contribution in [2.75, 3.05) is 13.6 Å². The second kappa shape index (κ2) is 6.70. The molecule has 104 valence electrons. The Hall–Kier alpha value is -1.36. The third kappa shape index (κ3) is 4.06. The Labute approximate surface area is 122 Å². The van der Waals surface area contributed by atoms with E-state index in [0.29, 0.717) is 12.1 Å². The van der Waals surface area contributed by atoms with Crippen LogP contribution >= 0.6 is 15.9 Å². The van der Waals surface area contributed by atoms with Crippen LogP contribution in [-0.2, 0) is 4.79 Å². The predicted octanol–water partition coefficient (Wildman–Crippen LogP) is 2.35. The number of halogens is 1. The van der Waals surface area contributed by atoms with E-state index in [9.17, 15) is 9.59 Å². The first-order valence-electron chi connectivity index (χ1n) is 6.18. The van der Waals surface area contributed by atoms with Gasteiger partial charge >= 0.3 is 0 Å².